The summed E-state index contributed by atoms with van der Waals surface area (Å²) in [5.41, 5.74) is 6.97. The van der Waals surface area contributed by atoms with Gasteiger partial charge in [-0.3, -0.25) is 4.79 Å². The highest BCUT2D eigenvalue weighted by Gasteiger charge is 2.24. The number of ether oxygens (including phenoxy) is 1. The largest absolute Gasteiger partial charge is 0.496 e. The Morgan fingerprint density at radius 1 is 1.39 bits per heavy atom. The van der Waals surface area contributed by atoms with Gasteiger partial charge in [0.05, 0.1) is 12.7 Å². The zero-order chi connectivity index (χ0) is 13.9. The van der Waals surface area contributed by atoms with Crippen molar-refractivity contribution in [3.8, 4) is 5.75 Å². The van der Waals surface area contributed by atoms with Crippen molar-refractivity contribution in [2.75, 3.05) is 13.7 Å². The predicted molar refractivity (Wildman–Crippen MR) is 77.4 cm³/mol. The van der Waals surface area contributed by atoms with Gasteiger partial charge in [-0.15, -0.1) is 0 Å². The third-order valence-corrected chi connectivity index (χ3v) is 3.20. The molecule has 18 heavy (non-hydrogen) atoms. The molecule has 0 amide bonds. The summed E-state index contributed by atoms with van der Waals surface area (Å²) in [6.45, 7) is 6.62. The fraction of sp³-hybridized carbons (Fsp3) is 0.500. The first-order valence-corrected chi connectivity index (χ1v) is 6.71. The summed E-state index contributed by atoms with van der Waals surface area (Å²) in [6, 6.07) is 3.80. The monoisotopic (exact) mass is 313 g/mol. The van der Waals surface area contributed by atoms with Gasteiger partial charge in [0.2, 0.25) is 0 Å². The van der Waals surface area contributed by atoms with Crippen molar-refractivity contribution >= 4 is 21.7 Å². The lowest BCUT2D eigenvalue weighted by Gasteiger charge is -2.24. The summed E-state index contributed by atoms with van der Waals surface area (Å²) in [7, 11) is 1.59. The van der Waals surface area contributed by atoms with Crippen molar-refractivity contribution in [2.24, 2.45) is 5.73 Å². The molecular formula is C14H20BrNO2. The molecule has 0 saturated carbocycles. The van der Waals surface area contributed by atoms with Crippen LogP contribution in [-0.4, -0.2) is 19.4 Å². The standard InChI is InChI=1S/C14H20BrNO2/c1-14(2,3)11-8-9(15)7-10(13(11)18-4)12(17)5-6-16/h7-8H,5-6,16H2,1-4H3. The van der Waals surface area contributed by atoms with Crippen molar-refractivity contribution in [3.63, 3.8) is 0 Å². The Kier molecular flexibility index (Phi) is 4.93. The van der Waals surface area contributed by atoms with E-state index in [0.29, 0.717) is 24.3 Å². The van der Waals surface area contributed by atoms with Gasteiger partial charge in [-0.05, 0) is 24.1 Å². The van der Waals surface area contributed by atoms with E-state index in [4.69, 9.17) is 10.5 Å². The molecule has 2 N–H and O–H groups in total. The molecule has 0 radical (unpaired) electrons. The molecule has 0 aliphatic carbocycles. The van der Waals surface area contributed by atoms with Gasteiger partial charge in [0.15, 0.2) is 5.78 Å². The van der Waals surface area contributed by atoms with Crippen LogP contribution in [0.15, 0.2) is 16.6 Å². The number of nitrogens with two attached hydrogens (primary N) is 1. The Hall–Kier alpha value is -0.870. The Balaban J connectivity index is 3.43. The summed E-state index contributed by atoms with van der Waals surface area (Å²) in [5, 5.41) is 0. The zero-order valence-corrected chi connectivity index (χ0v) is 12.9. The van der Waals surface area contributed by atoms with Crippen LogP contribution < -0.4 is 10.5 Å². The minimum Gasteiger partial charge on any atom is -0.496 e. The van der Waals surface area contributed by atoms with Gasteiger partial charge in [-0.25, -0.2) is 0 Å². The summed E-state index contributed by atoms with van der Waals surface area (Å²) in [4.78, 5) is 12.1. The molecule has 0 saturated heterocycles. The molecule has 0 unspecified atom stereocenters. The van der Waals surface area contributed by atoms with Crippen molar-refractivity contribution in [1.82, 2.24) is 0 Å². The van der Waals surface area contributed by atoms with E-state index in [1.165, 1.54) is 0 Å². The van der Waals surface area contributed by atoms with Gasteiger partial charge in [0, 0.05) is 16.5 Å². The minimum atomic E-state index is -0.0904. The molecule has 0 fully saturated rings. The first-order valence-electron chi connectivity index (χ1n) is 5.92. The maximum atomic E-state index is 12.1. The number of rotatable bonds is 4. The second-order valence-electron chi connectivity index (χ2n) is 5.25. The third-order valence-electron chi connectivity index (χ3n) is 2.74. The maximum absolute atomic E-state index is 12.1. The average molecular weight is 314 g/mol. The minimum absolute atomic E-state index is 0.0150. The van der Waals surface area contributed by atoms with E-state index >= 15 is 0 Å². The Labute approximate surface area is 117 Å². The highest BCUT2D eigenvalue weighted by atomic mass is 79.9. The number of Topliss-reactive ketones (excluding diaryl/α,β-unsaturated/α-hetero) is 1. The van der Waals surface area contributed by atoms with Gasteiger partial charge < -0.3 is 10.5 Å². The van der Waals surface area contributed by atoms with Crippen LogP contribution in [0.2, 0.25) is 0 Å². The second kappa shape index (κ2) is 5.85. The number of hydrogen-bond acceptors (Lipinski definition) is 3. The van der Waals surface area contributed by atoms with Crippen molar-refractivity contribution < 1.29 is 9.53 Å². The van der Waals surface area contributed by atoms with Crippen molar-refractivity contribution in [2.45, 2.75) is 32.6 Å². The van der Waals surface area contributed by atoms with Crippen LogP contribution in [-0.2, 0) is 5.41 Å². The average Bonchev–Trinajstić information content (AvgIpc) is 2.27. The van der Waals surface area contributed by atoms with Gasteiger partial charge >= 0.3 is 0 Å². The van der Waals surface area contributed by atoms with Crippen LogP contribution in [0.1, 0.15) is 43.1 Å². The molecule has 4 heteroatoms. The number of carbonyl (C=O) groups excluding carboxylic acids is 1. The first-order chi connectivity index (χ1) is 8.31. The molecule has 0 atom stereocenters. The lowest BCUT2D eigenvalue weighted by molar-refractivity contribution is 0.0982. The molecular weight excluding hydrogens is 294 g/mol. The van der Waals surface area contributed by atoms with Gasteiger partial charge in [-0.2, -0.15) is 0 Å². The van der Waals surface area contributed by atoms with E-state index in [-0.39, 0.29) is 11.2 Å². The van der Waals surface area contributed by atoms with E-state index < -0.39 is 0 Å². The Morgan fingerprint density at radius 2 is 2.00 bits per heavy atom. The van der Waals surface area contributed by atoms with Crippen LogP contribution in [0.25, 0.3) is 0 Å². The number of carbonyl (C=O) groups is 1. The summed E-state index contributed by atoms with van der Waals surface area (Å²) in [6.07, 6.45) is 0.330. The fourth-order valence-electron chi connectivity index (χ4n) is 1.84. The van der Waals surface area contributed by atoms with Crippen LogP contribution in [0.5, 0.6) is 5.75 Å². The summed E-state index contributed by atoms with van der Waals surface area (Å²) in [5.74, 6) is 0.672. The quantitative estimate of drug-likeness (QED) is 0.868. The molecule has 1 aromatic carbocycles. The molecule has 0 heterocycles. The SMILES string of the molecule is COc1c(C(=O)CCN)cc(Br)cc1C(C)(C)C. The maximum Gasteiger partial charge on any atom is 0.167 e. The van der Waals surface area contributed by atoms with E-state index in [0.717, 1.165) is 10.0 Å². The molecule has 1 aromatic rings. The van der Waals surface area contributed by atoms with E-state index in [2.05, 4.69) is 36.7 Å². The van der Waals surface area contributed by atoms with Crippen molar-refractivity contribution in [3.05, 3.63) is 27.7 Å². The Morgan fingerprint density at radius 3 is 2.44 bits per heavy atom. The van der Waals surface area contributed by atoms with Crippen molar-refractivity contribution in [1.29, 1.82) is 0 Å². The molecule has 0 aliphatic heterocycles. The molecule has 0 aromatic heterocycles. The number of benzene rings is 1. The molecule has 3 nitrogen and oxygen atoms in total. The second-order valence-corrected chi connectivity index (χ2v) is 6.16. The highest BCUT2D eigenvalue weighted by molar-refractivity contribution is 9.10. The van der Waals surface area contributed by atoms with Crippen LogP contribution in [0.3, 0.4) is 0 Å². The third kappa shape index (κ3) is 3.33. The van der Waals surface area contributed by atoms with Gasteiger partial charge in [-0.1, -0.05) is 36.7 Å². The molecule has 1 rings (SSSR count). The molecule has 0 spiro atoms. The van der Waals surface area contributed by atoms with E-state index in [1.807, 2.05) is 6.07 Å². The van der Waals surface area contributed by atoms with Crippen LogP contribution >= 0.6 is 15.9 Å². The zero-order valence-electron chi connectivity index (χ0n) is 11.3. The summed E-state index contributed by atoms with van der Waals surface area (Å²) >= 11 is 3.45. The van der Waals surface area contributed by atoms with Crippen LogP contribution in [0.4, 0.5) is 0 Å². The van der Waals surface area contributed by atoms with E-state index in [9.17, 15) is 4.79 Å². The number of ketones is 1. The lowest BCUT2D eigenvalue weighted by atomic mass is 9.84. The van der Waals surface area contributed by atoms with E-state index in [1.54, 1.807) is 13.2 Å². The Bertz CT molecular complexity index is 450. The highest BCUT2D eigenvalue weighted by Crippen LogP contribution is 2.37. The molecule has 100 valence electrons. The number of halogens is 1. The topological polar surface area (TPSA) is 52.3 Å². The predicted octanol–water partition coefficient (Wildman–Crippen LogP) is 3.29. The number of methoxy groups -OCH3 is 1. The fourth-order valence-corrected chi connectivity index (χ4v) is 2.30. The molecule has 0 bridgehead atoms. The summed E-state index contributed by atoms with van der Waals surface area (Å²) < 4.78 is 6.33. The van der Waals surface area contributed by atoms with Gasteiger partial charge in [0.25, 0.3) is 0 Å². The smallest absolute Gasteiger partial charge is 0.167 e. The lowest BCUT2D eigenvalue weighted by Crippen LogP contribution is -2.16. The first kappa shape index (κ1) is 15.2. The van der Waals surface area contributed by atoms with Gasteiger partial charge in [0.1, 0.15) is 5.75 Å². The van der Waals surface area contributed by atoms with Crippen LogP contribution in [0, 0.1) is 0 Å². The normalized spacial score (nSPS) is 11.4. The number of hydrogen-bond donors (Lipinski definition) is 1. The molecule has 0 aliphatic rings.